The molecule has 0 unspecified atom stereocenters. The number of carbonyl (C=O) groups excluding carboxylic acids is 2. The zero-order chi connectivity index (χ0) is 27.4. The number of amidine groups is 1. The minimum Gasteiger partial charge on any atom is -0.497 e. The number of carbonyl (C=O) groups is 3. The van der Waals surface area contributed by atoms with Crippen molar-refractivity contribution in [3.8, 4) is 11.6 Å². The fourth-order valence-corrected chi connectivity index (χ4v) is 4.65. The van der Waals surface area contributed by atoms with Gasteiger partial charge in [0.1, 0.15) is 22.6 Å². The molecule has 1 fully saturated rings. The number of H-pyrrole nitrogens is 2. The van der Waals surface area contributed by atoms with Gasteiger partial charge in [0.05, 0.1) is 12.7 Å². The summed E-state index contributed by atoms with van der Waals surface area (Å²) in [6.45, 7) is 0. The molecule has 196 valence electrons. The van der Waals surface area contributed by atoms with E-state index < -0.39 is 46.2 Å². The van der Waals surface area contributed by atoms with Crippen LogP contribution in [0.2, 0.25) is 0 Å². The summed E-state index contributed by atoms with van der Waals surface area (Å²) in [5.74, 6) is -2.33. The minimum atomic E-state index is -1.15. The maximum absolute atomic E-state index is 12.6. The highest BCUT2D eigenvalue weighted by Crippen LogP contribution is 2.32. The number of aromatic carboxylic acids is 1. The molecule has 38 heavy (non-hydrogen) atoms. The number of ether oxygens (including phenoxy) is 1. The molecule has 2 atom stereocenters. The number of aromatic nitrogens is 2. The van der Waals surface area contributed by atoms with E-state index in [0.29, 0.717) is 11.3 Å². The van der Waals surface area contributed by atoms with Gasteiger partial charge in [0.2, 0.25) is 17.7 Å². The van der Waals surface area contributed by atoms with Crippen LogP contribution in [0.15, 0.2) is 63.1 Å². The molecule has 0 radical (unpaired) electrons. The van der Waals surface area contributed by atoms with E-state index in [1.165, 1.54) is 31.4 Å². The Morgan fingerprint density at radius 3 is 2.53 bits per heavy atom. The lowest BCUT2D eigenvalue weighted by atomic mass is 10.0. The molecule has 1 aliphatic heterocycles. The van der Waals surface area contributed by atoms with Gasteiger partial charge in [0, 0.05) is 12.1 Å². The molecule has 4 rings (SSSR count). The molecule has 0 saturated carbocycles. The van der Waals surface area contributed by atoms with E-state index in [2.05, 4.69) is 25.6 Å². The molecular weight excluding hydrogens is 518 g/mol. The van der Waals surface area contributed by atoms with Crippen molar-refractivity contribution in [1.82, 2.24) is 15.3 Å². The van der Waals surface area contributed by atoms with Crippen molar-refractivity contribution in [3.63, 3.8) is 0 Å². The highest BCUT2D eigenvalue weighted by atomic mass is 32.2. The van der Waals surface area contributed by atoms with E-state index in [0.717, 1.165) is 11.8 Å². The Bertz CT molecular complexity index is 1550. The van der Waals surface area contributed by atoms with Gasteiger partial charge in [-0.05, 0) is 35.9 Å². The predicted molar refractivity (Wildman–Crippen MR) is 138 cm³/mol. The molecule has 2 heterocycles. The number of hydrogen-bond acceptors (Lipinski definition) is 9. The molecule has 2 amide bonds. The van der Waals surface area contributed by atoms with Gasteiger partial charge >= 0.3 is 11.7 Å². The van der Waals surface area contributed by atoms with E-state index in [4.69, 9.17) is 9.84 Å². The average molecular weight is 540 g/mol. The van der Waals surface area contributed by atoms with Crippen LogP contribution >= 0.6 is 11.8 Å². The monoisotopic (exact) mass is 539 g/mol. The van der Waals surface area contributed by atoms with Gasteiger partial charge in [-0.3, -0.25) is 24.4 Å². The first kappa shape index (κ1) is 26.2. The number of rotatable bonds is 8. The topological polar surface area (TPSA) is 203 Å². The van der Waals surface area contributed by atoms with Crippen molar-refractivity contribution < 1.29 is 29.3 Å². The summed E-state index contributed by atoms with van der Waals surface area (Å²) in [6, 6.07) is 11.0. The van der Waals surface area contributed by atoms with Crippen LogP contribution in [0.5, 0.6) is 11.6 Å². The van der Waals surface area contributed by atoms with Gasteiger partial charge in [0.25, 0.3) is 5.56 Å². The number of thioether (sulfide) groups is 1. The number of methoxy groups -OCH3 is 1. The fourth-order valence-electron chi connectivity index (χ4n) is 3.66. The Balaban J connectivity index is 1.57. The molecule has 0 bridgehead atoms. The van der Waals surface area contributed by atoms with Crippen LogP contribution in [-0.4, -0.2) is 55.5 Å². The Labute approximate surface area is 218 Å². The molecule has 13 nitrogen and oxygen atoms in total. The van der Waals surface area contributed by atoms with E-state index in [9.17, 15) is 29.1 Å². The smallest absolute Gasteiger partial charge is 0.335 e. The summed E-state index contributed by atoms with van der Waals surface area (Å²) in [5.41, 5.74) is -1.32. The quantitative estimate of drug-likeness (QED) is 0.243. The first-order valence-corrected chi connectivity index (χ1v) is 11.9. The lowest BCUT2D eigenvalue weighted by molar-refractivity contribution is -0.122. The maximum atomic E-state index is 12.6. The van der Waals surface area contributed by atoms with E-state index in [1.807, 2.05) is 0 Å². The second kappa shape index (κ2) is 11.0. The van der Waals surface area contributed by atoms with Gasteiger partial charge in [-0.25, -0.2) is 14.6 Å². The summed E-state index contributed by atoms with van der Waals surface area (Å²) < 4.78 is 5.15. The van der Waals surface area contributed by atoms with E-state index in [1.54, 1.807) is 24.3 Å². The highest BCUT2D eigenvalue weighted by molar-refractivity contribution is 8.15. The first-order chi connectivity index (χ1) is 18.1. The van der Waals surface area contributed by atoms with Gasteiger partial charge in [-0.2, -0.15) is 0 Å². The van der Waals surface area contributed by atoms with E-state index in [-0.39, 0.29) is 28.4 Å². The van der Waals surface area contributed by atoms with Gasteiger partial charge < -0.3 is 25.6 Å². The van der Waals surface area contributed by atoms with Crippen molar-refractivity contribution in [3.05, 3.63) is 86.1 Å². The van der Waals surface area contributed by atoms with E-state index >= 15 is 0 Å². The normalized spacial score (nSPS) is 16.6. The fraction of sp³-hybridized carbons (Fsp3) is 0.167. The lowest BCUT2D eigenvalue weighted by Gasteiger charge is -2.15. The lowest BCUT2D eigenvalue weighted by Crippen LogP contribution is -2.29. The van der Waals surface area contributed by atoms with Crippen molar-refractivity contribution in [2.45, 2.75) is 17.7 Å². The predicted octanol–water partition coefficient (Wildman–Crippen LogP) is 1.18. The van der Waals surface area contributed by atoms with Crippen molar-refractivity contribution in [2.75, 3.05) is 12.4 Å². The Kier molecular flexibility index (Phi) is 7.62. The number of amides is 2. The van der Waals surface area contributed by atoms with Crippen molar-refractivity contribution in [2.24, 2.45) is 4.99 Å². The SMILES string of the molecule is COc1ccc([C@H](N=C2NC(=O)[C@H](CC(=O)Nc3cccc(C(=O)O)c3)S2)c2c(O)[nH]c(=O)[nH]c2=O)cc1. The number of nitrogens with one attached hydrogen (secondary N) is 4. The molecule has 1 saturated heterocycles. The second-order valence-corrected chi connectivity index (χ2v) is 9.21. The number of benzene rings is 2. The Morgan fingerprint density at radius 2 is 1.87 bits per heavy atom. The number of carboxylic acids is 1. The maximum Gasteiger partial charge on any atom is 0.335 e. The van der Waals surface area contributed by atoms with Gasteiger partial charge in [0.15, 0.2) is 5.17 Å². The Hall–Kier alpha value is -4.85. The molecule has 6 N–H and O–H groups in total. The molecule has 1 aliphatic rings. The largest absolute Gasteiger partial charge is 0.497 e. The summed E-state index contributed by atoms with van der Waals surface area (Å²) in [4.78, 5) is 69.0. The molecule has 2 aromatic carbocycles. The second-order valence-electron chi connectivity index (χ2n) is 8.01. The third-order valence-corrected chi connectivity index (χ3v) is 6.55. The van der Waals surface area contributed by atoms with Gasteiger partial charge in [-0.15, -0.1) is 0 Å². The molecular formula is C24H21N5O8S. The van der Waals surface area contributed by atoms with Crippen LogP contribution in [-0.2, 0) is 9.59 Å². The molecule has 14 heteroatoms. The number of hydrogen-bond donors (Lipinski definition) is 6. The zero-order valence-corrected chi connectivity index (χ0v) is 20.5. The number of aromatic amines is 2. The average Bonchev–Trinajstić information content (AvgIpc) is 3.21. The molecule has 0 spiro atoms. The number of aliphatic imine (C=N–C) groups is 1. The van der Waals surface area contributed by atoms with Crippen LogP contribution in [0.1, 0.15) is 33.9 Å². The van der Waals surface area contributed by atoms with Crippen LogP contribution in [0.3, 0.4) is 0 Å². The third-order valence-electron chi connectivity index (χ3n) is 5.45. The Morgan fingerprint density at radius 1 is 1.13 bits per heavy atom. The summed E-state index contributed by atoms with van der Waals surface area (Å²) >= 11 is 0.950. The first-order valence-electron chi connectivity index (χ1n) is 11.0. The third kappa shape index (κ3) is 5.92. The molecule has 3 aromatic rings. The minimum absolute atomic E-state index is 0.00438. The molecule has 1 aromatic heterocycles. The number of anilines is 1. The zero-order valence-electron chi connectivity index (χ0n) is 19.7. The van der Waals surface area contributed by atoms with Crippen LogP contribution in [0, 0.1) is 0 Å². The standard InChI is InChI=1S/C24H21N5O8S/c1-37-14-7-5-11(6-8-14)18(17-20(32)27-23(36)28-21(17)33)26-24-29-19(31)15(38-24)10-16(30)25-13-4-2-3-12(9-13)22(34)35/h2-9,15,18H,10H2,1H3,(H,25,30)(H,34,35)(H,26,29,31)(H3,27,28,32,33,36)/t15-,18-/m0/s1. The summed E-state index contributed by atoms with van der Waals surface area (Å²) in [7, 11) is 1.48. The summed E-state index contributed by atoms with van der Waals surface area (Å²) in [5, 5.41) is 23.8. The number of carboxylic acid groups (broad SMARTS) is 1. The van der Waals surface area contributed by atoms with Crippen molar-refractivity contribution >= 4 is 40.4 Å². The van der Waals surface area contributed by atoms with Crippen LogP contribution < -0.4 is 26.6 Å². The van der Waals surface area contributed by atoms with Crippen molar-refractivity contribution in [1.29, 1.82) is 0 Å². The van der Waals surface area contributed by atoms with Crippen LogP contribution in [0.25, 0.3) is 0 Å². The molecule has 0 aliphatic carbocycles. The highest BCUT2D eigenvalue weighted by Gasteiger charge is 2.34. The number of aromatic hydroxyl groups is 1. The van der Waals surface area contributed by atoms with Crippen LogP contribution in [0.4, 0.5) is 5.69 Å². The summed E-state index contributed by atoms with van der Waals surface area (Å²) in [6.07, 6.45) is -0.246. The van der Waals surface area contributed by atoms with Gasteiger partial charge in [-0.1, -0.05) is 30.0 Å². The number of nitrogens with zero attached hydrogens (tertiary/aromatic N) is 1.